The first kappa shape index (κ1) is 11.2. The summed E-state index contributed by atoms with van der Waals surface area (Å²) in [4.78, 5) is 3.75. The normalized spacial score (nSPS) is 21.1. The second kappa shape index (κ2) is 5.15. The molecule has 0 radical (unpaired) electrons. The standard InChI is InChI=1S/C12H16ClNS/c1-14(10-5-3-2-4-6-10)9-11-7-8-12(13)15-11/h3,5,7-8,10H,2,4,6,9H2,1H3. The number of rotatable bonds is 3. The zero-order valence-corrected chi connectivity index (χ0v) is 10.5. The number of thiophene rings is 1. The second-order valence-corrected chi connectivity index (χ2v) is 5.85. The molecular formula is C12H16ClNS. The van der Waals surface area contributed by atoms with Crippen LogP contribution in [-0.2, 0) is 6.54 Å². The lowest BCUT2D eigenvalue weighted by atomic mass is 10.0. The summed E-state index contributed by atoms with van der Waals surface area (Å²) in [6, 6.07) is 4.71. The summed E-state index contributed by atoms with van der Waals surface area (Å²) in [7, 11) is 2.19. The van der Waals surface area contributed by atoms with Gasteiger partial charge < -0.3 is 0 Å². The predicted octanol–water partition coefficient (Wildman–Crippen LogP) is 3.94. The first-order chi connectivity index (χ1) is 7.25. The molecule has 0 fully saturated rings. The Morgan fingerprint density at radius 3 is 3.00 bits per heavy atom. The molecule has 1 aromatic heterocycles. The molecule has 1 unspecified atom stereocenters. The van der Waals surface area contributed by atoms with E-state index in [1.54, 1.807) is 11.3 Å². The van der Waals surface area contributed by atoms with Crippen molar-refractivity contribution in [2.45, 2.75) is 31.8 Å². The van der Waals surface area contributed by atoms with Crippen LogP contribution < -0.4 is 0 Å². The van der Waals surface area contributed by atoms with Crippen LogP contribution in [0.5, 0.6) is 0 Å². The number of allylic oxidation sites excluding steroid dienone is 1. The van der Waals surface area contributed by atoms with Gasteiger partial charge in [-0.3, -0.25) is 4.90 Å². The van der Waals surface area contributed by atoms with E-state index in [9.17, 15) is 0 Å². The number of likely N-dealkylation sites (N-methyl/N-ethyl adjacent to an activating group) is 1. The summed E-state index contributed by atoms with van der Waals surface area (Å²) in [6.07, 6.45) is 8.47. The lowest BCUT2D eigenvalue weighted by Gasteiger charge is -2.27. The summed E-state index contributed by atoms with van der Waals surface area (Å²) >= 11 is 7.60. The molecule has 3 heteroatoms. The van der Waals surface area contributed by atoms with Gasteiger partial charge in [-0.1, -0.05) is 23.8 Å². The second-order valence-electron chi connectivity index (χ2n) is 4.05. The minimum atomic E-state index is 0.611. The van der Waals surface area contributed by atoms with Crippen LogP contribution in [0.3, 0.4) is 0 Å². The van der Waals surface area contributed by atoms with Crippen molar-refractivity contribution in [2.75, 3.05) is 7.05 Å². The Morgan fingerprint density at radius 2 is 2.40 bits per heavy atom. The van der Waals surface area contributed by atoms with E-state index in [-0.39, 0.29) is 0 Å². The SMILES string of the molecule is CN(Cc1ccc(Cl)s1)C1C=CCCC1. The number of nitrogens with zero attached hydrogens (tertiary/aromatic N) is 1. The molecule has 0 saturated heterocycles. The average molecular weight is 242 g/mol. The van der Waals surface area contributed by atoms with Gasteiger partial charge in [0.1, 0.15) is 0 Å². The van der Waals surface area contributed by atoms with Crippen LogP contribution in [0.25, 0.3) is 0 Å². The Morgan fingerprint density at radius 1 is 1.53 bits per heavy atom. The van der Waals surface area contributed by atoms with E-state index in [0.29, 0.717) is 6.04 Å². The van der Waals surface area contributed by atoms with Gasteiger partial charge in [0.15, 0.2) is 0 Å². The quantitative estimate of drug-likeness (QED) is 0.725. The Bertz CT molecular complexity index is 345. The third-order valence-electron chi connectivity index (χ3n) is 2.83. The van der Waals surface area contributed by atoms with E-state index in [0.717, 1.165) is 10.9 Å². The zero-order valence-electron chi connectivity index (χ0n) is 8.95. The maximum atomic E-state index is 5.92. The molecule has 0 bridgehead atoms. The summed E-state index contributed by atoms with van der Waals surface area (Å²) in [5.74, 6) is 0. The smallest absolute Gasteiger partial charge is 0.0931 e. The molecule has 15 heavy (non-hydrogen) atoms. The van der Waals surface area contributed by atoms with Crippen LogP contribution in [0.15, 0.2) is 24.3 Å². The third-order valence-corrected chi connectivity index (χ3v) is 4.05. The predicted molar refractivity (Wildman–Crippen MR) is 67.6 cm³/mol. The highest BCUT2D eigenvalue weighted by Crippen LogP contribution is 2.24. The van der Waals surface area contributed by atoms with Gasteiger partial charge in [-0.25, -0.2) is 0 Å². The largest absolute Gasteiger partial charge is 0.295 e. The van der Waals surface area contributed by atoms with E-state index >= 15 is 0 Å². The number of hydrogen-bond acceptors (Lipinski definition) is 2. The van der Waals surface area contributed by atoms with Gasteiger partial charge in [0.25, 0.3) is 0 Å². The zero-order chi connectivity index (χ0) is 10.7. The van der Waals surface area contributed by atoms with Gasteiger partial charge in [0.2, 0.25) is 0 Å². The number of halogens is 1. The molecule has 1 aliphatic carbocycles. The molecule has 0 saturated carbocycles. The van der Waals surface area contributed by atoms with Crippen molar-refractivity contribution in [1.82, 2.24) is 4.90 Å². The van der Waals surface area contributed by atoms with Crippen molar-refractivity contribution in [2.24, 2.45) is 0 Å². The Balaban J connectivity index is 1.93. The van der Waals surface area contributed by atoms with Crippen LogP contribution in [0.1, 0.15) is 24.1 Å². The van der Waals surface area contributed by atoms with Crippen molar-refractivity contribution in [3.8, 4) is 0 Å². The highest BCUT2D eigenvalue weighted by molar-refractivity contribution is 7.16. The van der Waals surface area contributed by atoms with Gasteiger partial charge in [0.05, 0.1) is 4.34 Å². The van der Waals surface area contributed by atoms with Crippen molar-refractivity contribution >= 4 is 22.9 Å². The Labute approximate surface area is 100 Å². The van der Waals surface area contributed by atoms with Gasteiger partial charge >= 0.3 is 0 Å². The lowest BCUT2D eigenvalue weighted by molar-refractivity contribution is 0.256. The summed E-state index contributed by atoms with van der Waals surface area (Å²) in [5, 5.41) is 0. The fourth-order valence-electron chi connectivity index (χ4n) is 1.96. The topological polar surface area (TPSA) is 3.24 Å². The monoisotopic (exact) mass is 241 g/mol. The first-order valence-electron chi connectivity index (χ1n) is 5.37. The first-order valence-corrected chi connectivity index (χ1v) is 6.56. The van der Waals surface area contributed by atoms with Crippen molar-refractivity contribution in [3.05, 3.63) is 33.5 Å². The molecule has 2 rings (SSSR count). The van der Waals surface area contributed by atoms with Crippen LogP contribution in [-0.4, -0.2) is 18.0 Å². The molecule has 0 spiro atoms. The van der Waals surface area contributed by atoms with Crippen LogP contribution >= 0.6 is 22.9 Å². The molecule has 0 amide bonds. The van der Waals surface area contributed by atoms with Gasteiger partial charge in [0, 0.05) is 17.5 Å². The molecule has 0 aromatic carbocycles. The molecule has 0 N–H and O–H groups in total. The van der Waals surface area contributed by atoms with E-state index in [2.05, 4.69) is 30.2 Å². The molecule has 1 aromatic rings. The van der Waals surface area contributed by atoms with Crippen molar-refractivity contribution in [3.63, 3.8) is 0 Å². The van der Waals surface area contributed by atoms with Crippen molar-refractivity contribution < 1.29 is 0 Å². The van der Waals surface area contributed by atoms with Gasteiger partial charge in [-0.2, -0.15) is 0 Å². The minimum absolute atomic E-state index is 0.611. The van der Waals surface area contributed by atoms with Crippen molar-refractivity contribution in [1.29, 1.82) is 0 Å². The maximum Gasteiger partial charge on any atom is 0.0931 e. The fraction of sp³-hybridized carbons (Fsp3) is 0.500. The van der Waals surface area contributed by atoms with Crippen LogP contribution in [0.2, 0.25) is 4.34 Å². The highest BCUT2D eigenvalue weighted by Gasteiger charge is 2.14. The maximum absolute atomic E-state index is 5.92. The third kappa shape index (κ3) is 3.07. The van der Waals surface area contributed by atoms with E-state index < -0.39 is 0 Å². The fourth-order valence-corrected chi connectivity index (χ4v) is 3.11. The van der Waals surface area contributed by atoms with E-state index in [4.69, 9.17) is 11.6 Å². The van der Waals surface area contributed by atoms with Gasteiger partial charge in [-0.05, 0) is 38.4 Å². The Hall–Kier alpha value is -0.310. The van der Waals surface area contributed by atoms with Crippen LogP contribution in [0, 0.1) is 0 Å². The molecule has 1 atom stereocenters. The molecule has 1 nitrogen and oxygen atoms in total. The molecule has 1 heterocycles. The summed E-state index contributed by atoms with van der Waals surface area (Å²) in [5.41, 5.74) is 0. The molecule has 0 aliphatic heterocycles. The summed E-state index contributed by atoms with van der Waals surface area (Å²) in [6.45, 7) is 1.01. The van der Waals surface area contributed by atoms with Crippen LogP contribution in [0.4, 0.5) is 0 Å². The van der Waals surface area contributed by atoms with E-state index in [1.807, 2.05) is 6.07 Å². The minimum Gasteiger partial charge on any atom is -0.295 e. The van der Waals surface area contributed by atoms with E-state index in [1.165, 1.54) is 24.1 Å². The highest BCUT2D eigenvalue weighted by atomic mass is 35.5. The number of hydrogen-bond donors (Lipinski definition) is 0. The van der Waals surface area contributed by atoms with Gasteiger partial charge in [-0.15, -0.1) is 11.3 Å². The summed E-state index contributed by atoms with van der Waals surface area (Å²) < 4.78 is 0.887. The molecule has 82 valence electrons. The Kier molecular flexibility index (Phi) is 3.84. The average Bonchev–Trinajstić information content (AvgIpc) is 2.65. The molecular weight excluding hydrogens is 226 g/mol. The lowest BCUT2D eigenvalue weighted by Crippen LogP contribution is -2.30. The molecule has 1 aliphatic rings.